The van der Waals surface area contributed by atoms with Gasteiger partial charge in [-0.1, -0.05) is 60.1 Å². The fourth-order valence-corrected chi connectivity index (χ4v) is 4.88. The van der Waals surface area contributed by atoms with Gasteiger partial charge < -0.3 is 9.88 Å². The first-order valence-corrected chi connectivity index (χ1v) is 12.4. The van der Waals surface area contributed by atoms with Gasteiger partial charge in [-0.15, -0.1) is 10.2 Å². The summed E-state index contributed by atoms with van der Waals surface area (Å²) < 4.78 is 15.4. The molecule has 0 spiro atoms. The second-order valence-electron chi connectivity index (χ2n) is 8.18. The summed E-state index contributed by atoms with van der Waals surface area (Å²) in [7, 11) is 0. The molecule has 9 heteroatoms. The summed E-state index contributed by atoms with van der Waals surface area (Å²) in [4.78, 5) is 15.2. The Balaban J connectivity index is 1.50. The van der Waals surface area contributed by atoms with Crippen LogP contribution in [0.4, 0.5) is 10.1 Å². The number of carbonyl (C=O) groups is 1. The average Bonchev–Trinajstić information content (AvgIpc) is 3.17. The Hall–Kier alpha value is -2.42. The molecule has 0 aliphatic carbocycles. The van der Waals surface area contributed by atoms with Crippen LogP contribution in [0.25, 0.3) is 0 Å². The van der Waals surface area contributed by atoms with Gasteiger partial charge in [0.05, 0.1) is 29.0 Å². The molecule has 0 saturated carbocycles. The van der Waals surface area contributed by atoms with Crippen molar-refractivity contribution in [2.24, 2.45) is 0 Å². The van der Waals surface area contributed by atoms with E-state index in [2.05, 4.69) is 37.1 Å². The standard InChI is InChI=1S/C24H27ClFN5OS/c1-17(23(32)27-21-11-10-19(26)14-20(21)25)33-24-29-28-22(16-30-12-6-3-7-13-30)31(24)15-18-8-4-2-5-9-18/h2,4-5,8-11,14,17H,3,6-7,12-13,15-16H2,1H3,(H,27,32). The SMILES string of the molecule is CC(Sc1nnc(CN2CCCCC2)n1Cc1ccccc1)C(=O)Nc1ccc(F)cc1Cl. The van der Waals surface area contributed by atoms with E-state index in [1.165, 1.54) is 49.2 Å². The number of benzene rings is 2. The van der Waals surface area contributed by atoms with E-state index in [-0.39, 0.29) is 10.9 Å². The third-order valence-electron chi connectivity index (χ3n) is 5.63. The zero-order valence-corrected chi connectivity index (χ0v) is 20.1. The lowest BCUT2D eigenvalue weighted by atomic mass is 10.1. The molecule has 174 valence electrons. The number of aromatic nitrogens is 3. The van der Waals surface area contributed by atoms with Gasteiger partial charge in [-0.05, 0) is 56.6 Å². The smallest absolute Gasteiger partial charge is 0.237 e. The van der Waals surface area contributed by atoms with Gasteiger partial charge in [0.25, 0.3) is 0 Å². The minimum absolute atomic E-state index is 0.164. The van der Waals surface area contributed by atoms with Crippen molar-refractivity contribution in [1.82, 2.24) is 19.7 Å². The van der Waals surface area contributed by atoms with Crippen molar-refractivity contribution in [3.8, 4) is 0 Å². The van der Waals surface area contributed by atoms with E-state index in [0.717, 1.165) is 31.0 Å². The molecule has 2 heterocycles. The number of likely N-dealkylation sites (tertiary alicyclic amines) is 1. The molecular formula is C24H27ClFN5OS. The number of nitrogens with zero attached hydrogens (tertiary/aromatic N) is 4. The van der Waals surface area contributed by atoms with E-state index in [4.69, 9.17) is 11.6 Å². The van der Waals surface area contributed by atoms with Crippen LogP contribution >= 0.6 is 23.4 Å². The molecule has 1 N–H and O–H groups in total. The Labute approximate surface area is 202 Å². The predicted octanol–water partition coefficient (Wildman–Crippen LogP) is 5.22. The van der Waals surface area contributed by atoms with E-state index < -0.39 is 11.1 Å². The van der Waals surface area contributed by atoms with Crippen LogP contribution in [0, 0.1) is 5.82 Å². The van der Waals surface area contributed by atoms with Crippen LogP contribution in [0.1, 0.15) is 37.6 Å². The van der Waals surface area contributed by atoms with Gasteiger partial charge in [-0.2, -0.15) is 0 Å². The number of hydrogen-bond donors (Lipinski definition) is 1. The van der Waals surface area contributed by atoms with E-state index in [1.807, 2.05) is 25.1 Å². The minimum atomic E-state index is -0.451. The van der Waals surface area contributed by atoms with Gasteiger partial charge in [0.1, 0.15) is 11.6 Å². The molecule has 1 unspecified atom stereocenters. The van der Waals surface area contributed by atoms with Crippen LogP contribution in [-0.4, -0.2) is 43.9 Å². The molecule has 4 rings (SSSR count). The summed E-state index contributed by atoms with van der Waals surface area (Å²) in [6.07, 6.45) is 3.69. The van der Waals surface area contributed by atoms with E-state index in [1.54, 1.807) is 0 Å². The van der Waals surface area contributed by atoms with Gasteiger partial charge in [-0.3, -0.25) is 9.69 Å². The van der Waals surface area contributed by atoms with Crippen LogP contribution in [-0.2, 0) is 17.9 Å². The molecule has 2 aromatic carbocycles. The number of nitrogens with one attached hydrogen (secondary N) is 1. The molecular weight excluding hydrogens is 461 g/mol. The lowest BCUT2D eigenvalue weighted by molar-refractivity contribution is -0.115. The zero-order valence-electron chi connectivity index (χ0n) is 18.5. The van der Waals surface area contributed by atoms with Gasteiger partial charge in [0, 0.05) is 0 Å². The highest BCUT2D eigenvalue weighted by molar-refractivity contribution is 8.00. The summed E-state index contributed by atoms with van der Waals surface area (Å²) >= 11 is 7.41. The van der Waals surface area contributed by atoms with Gasteiger partial charge in [0.15, 0.2) is 5.16 Å². The van der Waals surface area contributed by atoms with Crippen LogP contribution in [0.5, 0.6) is 0 Å². The molecule has 1 aromatic heterocycles. The Morgan fingerprint density at radius 2 is 1.88 bits per heavy atom. The molecule has 0 bridgehead atoms. The summed E-state index contributed by atoms with van der Waals surface area (Å²) in [6.45, 7) is 5.32. The Kier molecular flexibility index (Phi) is 8.01. The van der Waals surface area contributed by atoms with E-state index in [0.29, 0.717) is 17.4 Å². The minimum Gasteiger partial charge on any atom is -0.324 e. The van der Waals surface area contributed by atoms with Crippen molar-refractivity contribution in [2.45, 2.75) is 49.7 Å². The first-order chi connectivity index (χ1) is 16.0. The summed E-state index contributed by atoms with van der Waals surface area (Å²) in [5.41, 5.74) is 1.53. The van der Waals surface area contributed by atoms with Crippen molar-refractivity contribution in [1.29, 1.82) is 0 Å². The number of thioether (sulfide) groups is 1. The topological polar surface area (TPSA) is 63.1 Å². The molecule has 1 aliphatic rings. The number of carbonyl (C=O) groups excluding carboxylic acids is 1. The molecule has 1 saturated heterocycles. The van der Waals surface area contributed by atoms with Crippen molar-refractivity contribution in [3.63, 3.8) is 0 Å². The van der Waals surface area contributed by atoms with Crippen molar-refractivity contribution < 1.29 is 9.18 Å². The van der Waals surface area contributed by atoms with Gasteiger partial charge in [-0.25, -0.2) is 4.39 Å². The Bertz CT molecular complexity index is 1090. The lowest BCUT2D eigenvalue weighted by Gasteiger charge is -2.26. The maximum Gasteiger partial charge on any atom is 0.237 e. The fourth-order valence-electron chi connectivity index (χ4n) is 3.80. The summed E-state index contributed by atoms with van der Waals surface area (Å²) in [5, 5.41) is 12.1. The van der Waals surface area contributed by atoms with Crippen molar-refractivity contribution in [2.75, 3.05) is 18.4 Å². The first-order valence-electron chi connectivity index (χ1n) is 11.1. The molecule has 33 heavy (non-hydrogen) atoms. The first kappa shape index (κ1) is 23.7. The molecule has 1 atom stereocenters. The highest BCUT2D eigenvalue weighted by Gasteiger charge is 2.22. The quantitative estimate of drug-likeness (QED) is 0.441. The number of piperidine rings is 1. The highest BCUT2D eigenvalue weighted by atomic mass is 35.5. The Morgan fingerprint density at radius 3 is 2.61 bits per heavy atom. The normalized spacial score (nSPS) is 15.4. The number of rotatable bonds is 8. The molecule has 0 radical (unpaired) electrons. The Morgan fingerprint density at radius 1 is 1.12 bits per heavy atom. The van der Waals surface area contributed by atoms with Crippen LogP contribution < -0.4 is 5.32 Å². The molecule has 3 aromatic rings. The number of anilines is 1. The van der Waals surface area contributed by atoms with Gasteiger partial charge >= 0.3 is 0 Å². The second-order valence-corrected chi connectivity index (χ2v) is 9.90. The van der Waals surface area contributed by atoms with Gasteiger partial charge in [0.2, 0.25) is 5.91 Å². The maximum atomic E-state index is 13.3. The average molecular weight is 488 g/mol. The van der Waals surface area contributed by atoms with Crippen LogP contribution in [0.2, 0.25) is 5.02 Å². The maximum absolute atomic E-state index is 13.3. The molecule has 1 amide bonds. The lowest BCUT2D eigenvalue weighted by Crippen LogP contribution is -2.30. The molecule has 1 fully saturated rings. The number of halogens is 2. The molecule has 1 aliphatic heterocycles. The van der Waals surface area contributed by atoms with Crippen LogP contribution in [0.3, 0.4) is 0 Å². The third kappa shape index (κ3) is 6.34. The third-order valence-corrected chi connectivity index (χ3v) is 7.02. The number of amides is 1. The monoisotopic (exact) mass is 487 g/mol. The van der Waals surface area contributed by atoms with E-state index in [9.17, 15) is 9.18 Å². The summed E-state index contributed by atoms with van der Waals surface area (Å²) in [5.74, 6) is 0.216. The van der Waals surface area contributed by atoms with Crippen molar-refractivity contribution >= 4 is 35.0 Å². The van der Waals surface area contributed by atoms with Crippen LogP contribution in [0.15, 0.2) is 53.7 Å². The summed E-state index contributed by atoms with van der Waals surface area (Å²) in [6, 6.07) is 14.1. The molecule has 6 nitrogen and oxygen atoms in total. The van der Waals surface area contributed by atoms with E-state index >= 15 is 0 Å². The van der Waals surface area contributed by atoms with Crippen molar-refractivity contribution in [3.05, 3.63) is 70.8 Å². The largest absolute Gasteiger partial charge is 0.324 e. The zero-order chi connectivity index (χ0) is 23.2. The number of hydrogen-bond acceptors (Lipinski definition) is 5. The predicted molar refractivity (Wildman–Crippen MR) is 130 cm³/mol. The fraction of sp³-hybridized carbons (Fsp3) is 0.375. The second kappa shape index (κ2) is 11.1. The highest BCUT2D eigenvalue weighted by Crippen LogP contribution is 2.27.